The third-order valence-electron chi connectivity index (χ3n) is 3.94. The number of hydrogen-bond acceptors (Lipinski definition) is 7. The van der Waals surface area contributed by atoms with Crippen LogP contribution in [-0.4, -0.2) is 44.0 Å². The van der Waals surface area contributed by atoms with E-state index in [1.54, 1.807) is 39.0 Å². The number of ether oxygens (including phenoxy) is 4. The molecule has 0 aromatic heterocycles. The predicted octanol–water partition coefficient (Wildman–Crippen LogP) is 1.99. The molecule has 1 aliphatic heterocycles. The Hall–Kier alpha value is -2.81. The van der Waals surface area contributed by atoms with Gasteiger partial charge in [-0.25, -0.2) is 9.59 Å². The molecule has 1 aliphatic rings. The molecular weight excluding hydrogens is 384 g/mol. The number of esters is 2. The maximum absolute atomic E-state index is 12.4. The molecule has 0 fully saturated rings. The molecule has 0 saturated carbocycles. The number of hydrogen-bond donors (Lipinski definition) is 2. The van der Waals surface area contributed by atoms with Gasteiger partial charge in [0.1, 0.15) is 0 Å². The maximum atomic E-state index is 12.4. The normalized spacial score (nSPS) is 16.0. The molecule has 8 nitrogen and oxygen atoms in total. The summed E-state index contributed by atoms with van der Waals surface area (Å²) in [6.45, 7) is 5.54. The molecule has 1 heterocycles. The first-order valence-electron chi connectivity index (χ1n) is 8.82. The van der Waals surface area contributed by atoms with Crippen molar-refractivity contribution in [3.05, 3.63) is 35.0 Å². The summed E-state index contributed by atoms with van der Waals surface area (Å²) < 4.78 is 20.9. The number of methoxy groups -OCH3 is 1. The first kappa shape index (κ1) is 21.5. The van der Waals surface area contributed by atoms with Gasteiger partial charge >= 0.3 is 11.9 Å². The summed E-state index contributed by atoms with van der Waals surface area (Å²) in [7, 11) is 1.49. The Balaban J connectivity index is 2.32. The van der Waals surface area contributed by atoms with E-state index in [2.05, 4.69) is 10.6 Å². The van der Waals surface area contributed by atoms with Crippen LogP contribution >= 0.6 is 12.2 Å². The van der Waals surface area contributed by atoms with Crippen LogP contribution in [0.15, 0.2) is 29.5 Å². The fraction of sp³-hybridized carbons (Fsp3) is 0.421. The van der Waals surface area contributed by atoms with Gasteiger partial charge in [-0.2, -0.15) is 0 Å². The highest BCUT2D eigenvalue weighted by Crippen LogP contribution is 2.34. The number of thiocarbonyl (C=S) groups is 1. The SMILES string of the molecule is CCOC(=O)COc1ccc(C2NC(=S)NC(C)=C2C(=O)OCC)cc1OC. The zero-order valence-electron chi connectivity index (χ0n) is 16.3. The summed E-state index contributed by atoms with van der Waals surface area (Å²) in [6, 6.07) is 4.64. The second-order valence-electron chi connectivity index (χ2n) is 5.79. The van der Waals surface area contributed by atoms with Crippen molar-refractivity contribution in [2.75, 3.05) is 26.9 Å². The quantitative estimate of drug-likeness (QED) is 0.494. The smallest absolute Gasteiger partial charge is 0.344 e. The van der Waals surface area contributed by atoms with E-state index in [0.717, 1.165) is 5.56 Å². The minimum atomic E-state index is -0.513. The molecule has 28 heavy (non-hydrogen) atoms. The monoisotopic (exact) mass is 408 g/mol. The van der Waals surface area contributed by atoms with Crippen LogP contribution in [0, 0.1) is 0 Å². The molecule has 1 aromatic rings. The van der Waals surface area contributed by atoms with Crippen LogP contribution in [0.2, 0.25) is 0 Å². The van der Waals surface area contributed by atoms with E-state index in [1.807, 2.05) is 0 Å². The molecule has 9 heteroatoms. The molecule has 0 radical (unpaired) electrons. The second-order valence-corrected chi connectivity index (χ2v) is 6.20. The highest BCUT2D eigenvalue weighted by atomic mass is 32.1. The van der Waals surface area contributed by atoms with E-state index >= 15 is 0 Å². The fourth-order valence-corrected chi connectivity index (χ4v) is 3.02. The fourth-order valence-electron chi connectivity index (χ4n) is 2.75. The summed E-state index contributed by atoms with van der Waals surface area (Å²) >= 11 is 5.23. The third kappa shape index (κ3) is 5.13. The zero-order chi connectivity index (χ0) is 20.7. The van der Waals surface area contributed by atoms with Crippen molar-refractivity contribution >= 4 is 29.3 Å². The van der Waals surface area contributed by atoms with Gasteiger partial charge in [-0.05, 0) is 50.7 Å². The lowest BCUT2D eigenvalue weighted by molar-refractivity contribution is -0.145. The maximum Gasteiger partial charge on any atom is 0.344 e. The van der Waals surface area contributed by atoms with Crippen molar-refractivity contribution in [2.45, 2.75) is 26.8 Å². The van der Waals surface area contributed by atoms with Crippen molar-refractivity contribution < 1.29 is 28.5 Å². The molecule has 152 valence electrons. The molecule has 0 spiro atoms. The van der Waals surface area contributed by atoms with Crippen LogP contribution < -0.4 is 20.1 Å². The zero-order valence-corrected chi connectivity index (χ0v) is 17.1. The van der Waals surface area contributed by atoms with Gasteiger partial charge in [-0.1, -0.05) is 6.07 Å². The van der Waals surface area contributed by atoms with Crippen LogP contribution in [0.1, 0.15) is 32.4 Å². The predicted molar refractivity (Wildman–Crippen MR) is 106 cm³/mol. The van der Waals surface area contributed by atoms with Gasteiger partial charge < -0.3 is 29.6 Å². The standard InChI is InChI=1S/C19H24N2O6S/c1-5-25-15(22)10-27-13-8-7-12(9-14(13)24-4)17-16(18(23)26-6-2)11(3)20-19(28)21-17/h7-9,17H,5-6,10H2,1-4H3,(H2,20,21,28). The van der Waals surface area contributed by atoms with Gasteiger partial charge in [0.05, 0.1) is 31.9 Å². The van der Waals surface area contributed by atoms with Crippen LogP contribution in [0.5, 0.6) is 11.5 Å². The lowest BCUT2D eigenvalue weighted by atomic mass is 9.95. The first-order valence-corrected chi connectivity index (χ1v) is 9.23. The molecule has 1 atom stereocenters. The topological polar surface area (TPSA) is 95.1 Å². The lowest BCUT2D eigenvalue weighted by Crippen LogP contribution is -2.45. The minimum absolute atomic E-state index is 0.230. The Morgan fingerprint density at radius 3 is 2.50 bits per heavy atom. The summed E-state index contributed by atoms with van der Waals surface area (Å²) in [5.74, 6) is -0.112. The van der Waals surface area contributed by atoms with Gasteiger partial charge in [0, 0.05) is 5.70 Å². The molecule has 1 aromatic carbocycles. The Bertz CT molecular complexity index is 793. The van der Waals surface area contributed by atoms with Gasteiger partial charge in [0.2, 0.25) is 0 Å². The van der Waals surface area contributed by atoms with Crippen LogP contribution in [0.3, 0.4) is 0 Å². The Labute approximate surface area is 169 Å². The average molecular weight is 408 g/mol. The van der Waals surface area contributed by atoms with E-state index in [-0.39, 0.29) is 19.8 Å². The number of benzene rings is 1. The minimum Gasteiger partial charge on any atom is -0.493 e. The van der Waals surface area contributed by atoms with Crippen molar-refractivity contribution in [1.82, 2.24) is 10.6 Å². The summed E-state index contributed by atoms with van der Waals surface area (Å²) in [5.41, 5.74) is 1.78. The van der Waals surface area contributed by atoms with Crippen LogP contribution in [0.25, 0.3) is 0 Å². The van der Waals surface area contributed by atoms with Gasteiger partial charge in [0.25, 0.3) is 0 Å². The van der Waals surface area contributed by atoms with Gasteiger partial charge in [-0.3, -0.25) is 0 Å². The molecule has 2 N–H and O–H groups in total. The molecule has 0 saturated heterocycles. The van der Waals surface area contributed by atoms with E-state index in [9.17, 15) is 9.59 Å². The van der Waals surface area contributed by atoms with Crippen LogP contribution in [0.4, 0.5) is 0 Å². The van der Waals surface area contributed by atoms with E-state index in [1.165, 1.54) is 7.11 Å². The second kappa shape index (κ2) is 9.93. The summed E-state index contributed by atoms with van der Waals surface area (Å²) in [6.07, 6.45) is 0. The number of allylic oxidation sites excluding steroid dienone is 1. The van der Waals surface area contributed by atoms with Crippen molar-refractivity contribution in [1.29, 1.82) is 0 Å². The van der Waals surface area contributed by atoms with E-state index < -0.39 is 18.0 Å². The Kier molecular flexibility index (Phi) is 7.62. The highest BCUT2D eigenvalue weighted by Gasteiger charge is 2.31. The number of nitrogens with one attached hydrogen (secondary N) is 2. The summed E-state index contributed by atoms with van der Waals surface area (Å²) in [5, 5.41) is 6.43. The van der Waals surface area contributed by atoms with Crippen molar-refractivity contribution in [3.63, 3.8) is 0 Å². The molecule has 2 rings (SSSR count). The lowest BCUT2D eigenvalue weighted by Gasteiger charge is -2.30. The average Bonchev–Trinajstić information content (AvgIpc) is 2.66. The highest BCUT2D eigenvalue weighted by molar-refractivity contribution is 7.80. The molecule has 1 unspecified atom stereocenters. The molecule has 0 amide bonds. The van der Waals surface area contributed by atoms with Gasteiger partial charge in [-0.15, -0.1) is 0 Å². The Morgan fingerprint density at radius 1 is 1.14 bits per heavy atom. The largest absolute Gasteiger partial charge is 0.493 e. The van der Waals surface area contributed by atoms with E-state index in [4.69, 9.17) is 31.2 Å². The first-order chi connectivity index (χ1) is 13.4. The van der Waals surface area contributed by atoms with Gasteiger partial charge in [0.15, 0.2) is 23.2 Å². The molecule has 0 aliphatic carbocycles. The van der Waals surface area contributed by atoms with Crippen molar-refractivity contribution in [3.8, 4) is 11.5 Å². The van der Waals surface area contributed by atoms with Crippen LogP contribution in [-0.2, 0) is 19.1 Å². The number of carbonyl (C=O) groups excluding carboxylic acids is 2. The Morgan fingerprint density at radius 2 is 1.86 bits per heavy atom. The third-order valence-corrected chi connectivity index (χ3v) is 4.16. The van der Waals surface area contributed by atoms with Crippen molar-refractivity contribution in [2.24, 2.45) is 0 Å². The molecule has 0 bridgehead atoms. The van der Waals surface area contributed by atoms with E-state index in [0.29, 0.717) is 27.9 Å². The number of carbonyl (C=O) groups is 2. The number of rotatable bonds is 8. The summed E-state index contributed by atoms with van der Waals surface area (Å²) in [4.78, 5) is 24.0. The molecular formula is C19H24N2O6S.